The predicted octanol–water partition coefficient (Wildman–Crippen LogP) is 4.00. The average molecular weight is 354 g/mol. The quantitative estimate of drug-likeness (QED) is 0.652. The molecule has 4 nitrogen and oxygen atoms in total. The Morgan fingerprint density at radius 1 is 1.26 bits per heavy atom. The maximum Gasteiger partial charge on any atom is 0.339 e. The Kier molecular flexibility index (Phi) is 6.01. The molecule has 7 heteroatoms. The van der Waals surface area contributed by atoms with E-state index in [-0.39, 0.29) is 10.7 Å². The summed E-state index contributed by atoms with van der Waals surface area (Å²) in [6.07, 6.45) is 1.84. The number of anilines is 1. The smallest absolute Gasteiger partial charge is 0.339 e. The minimum atomic E-state index is -0.588. The lowest BCUT2D eigenvalue weighted by Gasteiger charge is -2.09. The van der Waals surface area contributed by atoms with Gasteiger partial charge in [0, 0.05) is 4.90 Å². The van der Waals surface area contributed by atoms with Gasteiger partial charge in [0.2, 0.25) is 0 Å². The molecule has 120 valence electrons. The largest absolute Gasteiger partial charge is 0.452 e. The van der Waals surface area contributed by atoms with Crippen LogP contribution in [-0.2, 0) is 9.53 Å². The molecule has 0 atom stereocenters. The van der Waals surface area contributed by atoms with E-state index in [1.54, 1.807) is 18.2 Å². The molecule has 23 heavy (non-hydrogen) atoms. The fourth-order valence-electron chi connectivity index (χ4n) is 1.80. The molecule has 0 radical (unpaired) electrons. The van der Waals surface area contributed by atoms with Gasteiger partial charge in [-0.25, -0.2) is 9.18 Å². The highest BCUT2D eigenvalue weighted by Crippen LogP contribution is 2.23. The number of carbonyl (C=O) groups is 2. The summed E-state index contributed by atoms with van der Waals surface area (Å²) in [6, 6.07) is 10.5. The summed E-state index contributed by atoms with van der Waals surface area (Å²) in [6.45, 7) is -0.463. The van der Waals surface area contributed by atoms with Crippen LogP contribution in [0.2, 0.25) is 5.02 Å². The summed E-state index contributed by atoms with van der Waals surface area (Å²) in [5.74, 6) is -1.66. The Hall–Kier alpha value is -2.05. The third-order valence-electron chi connectivity index (χ3n) is 2.87. The molecule has 0 spiro atoms. The van der Waals surface area contributed by atoms with E-state index in [2.05, 4.69) is 5.32 Å². The van der Waals surface area contributed by atoms with Crippen LogP contribution in [0.1, 0.15) is 10.4 Å². The zero-order valence-electron chi connectivity index (χ0n) is 12.1. The van der Waals surface area contributed by atoms with Crippen LogP contribution in [0.3, 0.4) is 0 Å². The van der Waals surface area contributed by atoms with Gasteiger partial charge in [-0.2, -0.15) is 0 Å². The van der Waals surface area contributed by atoms with Gasteiger partial charge >= 0.3 is 5.97 Å². The van der Waals surface area contributed by atoms with Crippen molar-refractivity contribution in [1.29, 1.82) is 0 Å². The number of nitrogens with one attached hydrogen (secondary N) is 1. The maximum absolute atomic E-state index is 12.9. The standard InChI is InChI=1S/C16H13ClFNO3S/c1-23-14-5-3-2-4-11(14)16(21)22-9-15(20)19-13-7-6-10(18)8-12(13)17/h2-8H,9H2,1H3,(H,19,20). The van der Waals surface area contributed by atoms with E-state index in [1.807, 2.05) is 12.3 Å². The van der Waals surface area contributed by atoms with Crippen molar-refractivity contribution in [2.24, 2.45) is 0 Å². The molecule has 0 heterocycles. The molecule has 0 saturated heterocycles. The van der Waals surface area contributed by atoms with Crippen molar-refractivity contribution in [3.8, 4) is 0 Å². The van der Waals surface area contributed by atoms with Crippen LogP contribution in [0.4, 0.5) is 10.1 Å². The van der Waals surface area contributed by atoms with Crippen molar-refractivity contribution >= 4 is 40.9 Å². The lowest BCUT2D eigenvalue weighted by atomic mass is 10.2. The lowest BCUT2D eigenvalue weighted by Crippen LogP contribution is -2.21. The summed E-state index contributed by atoms with van der Waals surface area (Å²) >= 11 is 7.22. The summed E-state index contributed by atoms with van der Waals surface area (Å²) in [5.41, 5.74) is 0.645. The second-order valence-corrected chi connectivity index (χ2v) is 5.70. The fourth-order valence-corrected chi connectivity index (χ4v) is 2.60. The topological polar surface area (TPSA) is 55.4 Å². The Balaban J connectivity index is 1.95. The van der Waals surface area contributed by atoms with Crippen LogP contribution in [0.25, 0.3) is 0 Å². The second-order valence-electron chi connectivity index (χ2n) is 4.45. The number of benzene rings is 2. The predicted molar refractivity (Wildman–Crippen MR) is 88.5 cm³/mol. The van der Waals surface area contributed by atoms with Crippen molar-refractivity contribution in [2.45, 2.75) is 4.90 Å². The number of amides is 1. The van der Waals surface area contributed by atoms with Crippen molar-refractivity contribution in [3.05, 3.63) is 58.9 Å². The molecule has 0 aliphatic heterocycles. The van der Waals surface area contributed by atoms with Gasteiger partial charge in [-0.05, 0) is 36.6 Å². The number of thioether (sulfide) groups is 1. The number of carbonyl (C=O) groups excluding carboxylic acids is 2. The van der Waals surface area contributed by atoms with Crippen LogP contribution in [0.15, 0.2) is 47.4 Å². The molecule has 1 N–H and O–H groups in total. The average Bonchev–Trinajstić information content (AvgIpc) is 2.55. The zero-order valence-corrected chi connectivity index (χ0v) is 13.7. The summed E-state index contributed by atoms with van der Waals surface area (Å²) in [7, 11) is 0. The summed E-state index contributed by atoms with van der Waals surface area (Å²) in [4.78, 5) is 24.6. The highest BCUT2D eigenvalue weighted by atomic mass is 35.5. The molecule has 0 fully saturated rings. The van der Waals surface area contributed by atoms with E-state index >= 15 is 0 Å². The Bertz CT molecular complexity index is 739. The molecule has 0 aliphatic rings. The van der Waals surface area contributed by atoms with Gasteiger partial charge in [-0.15, -0.1) is 11.8 Å². The van der Waals surface area contributed by atoms with E-state index < -0.39 is 24.3 Å². The number of hydrogen-bond acceptors (Lipinski definition) is 4. The normalized spacial score (nSPS) is 10.2. The highest BCUT2D eigenvalue weighted by molar-refractivity contribution is 7.98. The molecular formula is C16H13ClFNO3S. The molecule has 2 aromatic rings. The first kappa shape index (κ1) is 17.3. The van der Waals surface area contributed by atoms with Gasteiger partial charge in [-0.3, -0.25) is 4.79 Å². The molecule has 2 aromatic carbocycles. The van der Waals surface area contributed by atoms with E-state index in [0.29, 0.717) is 5.56 Å². The second kappa shape index (κ2) is 7.99. The van der Waals surface area contributed by atoms with E-state index in [9.17, 15) is 14.0 Å². The molecule has 0 unspecified atom stereocenters. The lowest BCUT2D eigenvalue weighted by molar-refractivity contribution is -0.119. The first-order chi connectivity index (χ1) is 11.0. The highest BCUT2D eigenvalue weighted by Gasteiger charge is 2.14. The van der Waals surface area contributed by atoms with E-state index in [4.69, 9.17) is 16.3 Å². The minimum absolute atomic E-state index is 0.0670. The Morgan fingerprint density at radius 2 is 2.00 bits per heavy atom. The summed E-state index contributed by atoms with van der Waals surface area (Å²) < 4.78 is 17.9. The van der Waals surface area contributed by atoms with Gasteiger partial charge in [0.25, 0.3) is 5.91 Å². The molecule has 0 aliphatic carbocycles. The molecule has 0 bridgehead atoms. The molecule has 0 saturated carbocycles. The number of ether oxygens (including phenoxy) is 1. The minimum Gasteiger partial charge on any atom is -0.452 e. The van der Waals surface area contributed by atoms with Gasteiger partial charge in [0.15, 0.2) is 6.61 Å². The van der Waals surface area contributed by atoms with Crippen molar-refractivity contribution in [1.82, 2.24) is 0 Å². The van der Waals surface area contributed by atoms with Crippen molar-refractivity contribution < 1.29 is 18.7 Å². The van der Waals surface area contributed by atoms with Gasteiger partial charge in [0.1, 0.15) is 5.82 Å². The van der Waals surface area contributed by atoms with Gasteiger partial charge in [0.05, 0.1) is 16.3 Å². The number of esters is 1. The number of rotatable bonds is 5. The van der Waals surface area contributed by atoms with Crippen LogP contribution >= 0.6 is 23.4 Å². The fraction of sp³-hybridized carbons (Fsp3) is 0.125. The van der Waals surface area contributed by atoms with Gasteiger partial charge < -0.3 is 10.1 Å². The van der Waals surface area contributed by atoms with Crippen LogP contribution in [0, 0.1) is 5.82 Å². The number of hydrogen-bond donors (Lipinski definition) is 1. The monoisotopic (exact) mass is 353 g/mol. The number of halogens is 2. The molecule has 0 aromatic heterocycles. The van der Waals surface area contributed by atoms with Crippen LogP contribution < -0.4 is 5.32 Å². The van der Waals surface area contributed by atoms with Crippen LogP contribution in [0.5, 0.6) is 0 Å². The third kappa shape index (κ3) is 4.71. The summed E-state index contributed by atoms with van der Waals surface area (Å²) in [5, 5.41) is 2.52. The van der Waals surface area contributed by atoms with E-state index in [0.717, 1.165) is 11.0 Å². The van der Waals surface area contributed by atoms with Crippen molar-refractivity contribution in [2.75, 3.05) is 18.2 Å². The zero-order chi connectivity index (χ0) is 16.8. The Labute approximate surface area is 142 Å². The SMILES string of the molecule is CSc1ccccc1C(=O)OCC(=O)Nc1ccc(F)cc1Cl. The molecule has 1 amide bonds. The van der Waals surface area contributed by atoms with Gasteiger partial charge in [-0.1, -0.05) is 23.7 Å². The Morgan fingerprint density at radius 3 is 2.70 bits per heavy atom. The molecular weight excluding hydrogens is 341 g/mol. The first-order valence-corrected chi connectivity index (χ1v) is 8.16. The van der Waals surface area contributed by atoms with E-state index in [1.165, 1.54) is 23.9 Å². The third-order valence-corrected chi connectivity index (χ3v) is 3.97. The van der Waals surface area contributed by atoms with Crippen LogP contribution in [-0.4, -0.2) is 24.7 Å². The molecule has 2 rings (SSSR count). The first-order valence-electron chi connectivity index (χ1n) is 6.56. The van der Waals surface area contributed by atoms with Crippen molar-refractivity contribution in [3.63, 3.8) is 0 Å². The maximum atomic E-state index is 12.9.